The van der Waals surface area contributed by atoms with Gasteiger partial charge in [0.1, 0.15) is 6.54 Å². The van der Waals surface area contributed by atoms with Gasteiger partial charge in [-0.15, -0.1) is 0 Å². The highest BCUT2D eigenvalue weighted by molar-refractivity contribution is 7.89. The van der Waals surface area contributed by atoms with Crippen molar-refractivity contribution in [3.8, 4) is 0 Å². The zero-order valence-electron chi connectivity index (χ0n) is 17.9. The van der Waals surface area contributed by atoms with Crippen LogP contribution in [0.3, 0.4) is 0 Å². The SMILES string of the molecule is O=C(Cn1cc(S(=O)(=O)N2CCCC2)ccc1=O)N[C@H](c1ccccc1)c1ccc(Cl)cc1. The second kappa shape index (κ2) is 9.91. The summed E-state index contributed by atoms with van der Waals surface area (Å²) in [7, 11) is -3.70. The Kier molecular flexibility index (Phi) is 6.97. The Bertz CT molecular complexity index is 1290. The van der Waals surface area contributed by atoms with E-state index < -0.39 is 27.5 Å². The van der Waals surface area contributed by atoms with Crippen molar-refractivity contribution in [1.82, 2.24) is 14.2 Å². The maximum Gasteiger partial charge on any atom is 0.251 e. The molecular formula is C24H24ClN3O4S. The van der Waals surface area contributed by atoms with E-state index in [2.05, 4.69) is 5.32 Å². The number of amides is 1. The van der Waals surface area contributed by atoms with Gasteiger partial charge < -0.3 is 9.88 Å². The number of carbonyl (C=O) groups excluding carboxylic acids is 1. The first-order valence-corrected chi connectivity index (χ1v) is 12.5. The molecule has 3 aromatic rings. The quantitative estimate of drug-likeness (QED) is 0.556. The molecule has 1 amide bonds. The minimum Gasteiger partial charge on any atom is -0.344 e. The molecule has 1 fully saturated rings. The molecule has 0 aliphatic carbocycles. The van der Waals surface area contributed by atoms with Gasteiger partial charge in [0.15, 0.2) is 0 Å². The number of hydrogen-bond donors (Lipinski definition) is 1. The maximum absolute atomic E-state index is 12.9. The van der Waals surface area contributed by atoms with E-state index in [1.54, 1.807) is 12.1 Å². The molecule has 0 spiro atoms. The highest BCUT2D eigenvalue weighted by Crippen LogP contribution is 2.24. The number of sulfonamides is 1. The summed E-state index contributed by atoms with van der Waals surface area (Å²) in [6.45, 7) is 0.614. The van der Waals surface area contributed by atoms with Crippen LogP contribution in [0.15, 0.2) is 82.6 Å². The van der Waals surface area contributed by atoms with Crippen molar-refractivity contribution < 1.29 is 13.2 Å². The van der Waals surface area contributed by atoms with Crippen LogP contribution in [0, 0.1) is 0 Å². The van der Waals surface area contributed by atoms with Crippen LogP contribution in [0.2, 0.25) is 5.02 Å². The van der Waals surface area contributed by atoms with Gasteiger partial charge in [-0.3, -0.25) is 9.59 Å². The third kappa shape index (κ3) is 5.35. The number of nitrogens with zero attached hydrogens (tertiary/aromatic N) is 2. The van der Waals surface area contributed by atoms with Gasteiger partial charge in [0, 0.05) is 30.4 Å². The fraction of sp³-hybridized carbons (Fsp3) is 0.250. The van der Waals surface area contributed by atoms with Crippen molar-refractivity contribution in [3.05, 3.63) is 99.4 Å². The highest BCUT2D eigenvalue weighted by atomic mass is 35.5. The molecule has 0 saturated carbocycles. The van der Waals surface area contributed by atoms with Crippen molar-refractivity contribution in [1.29, 1.82) is 0 Å². The number of pyridine rings is 1. The normalized spacial score (nSPS) is 15.3. The summed E-state index contributed by atoms with van der Waals surface area (Å²) < 4.78 is 28.2. The number of rotatable bonds is 7. The van der Waals surface area contributed by atoms with E-state index >= 15 is 0 Å². The molecule has 172 valence electrons. The molecule has 0 unspecified atom stereocenters. The van der Waals surface area contributed by atoms with Crippen molar-refractivity contribution in [3.63, 3.8) is 0 Å². The Morgan fingerprint density at radius 2 is 1.58 bits per heavy atom. The topological polar surface area (TPSA) is 88.5 Å². The summed E-state index contributed by atoms with van der Waals surface area (Å²) >= 11 is 6.01. The summed E-state index contributed by atoms with van der Waals surface area (Å²) in [4.78, 5) is 25.3. The molecule has 0 radical (unpaired) electrons. The summed E-state index contributed by atoms with van der Waals surface area (Å²) in [5, 5.41) is 3.54. The molecule has 1 aromatic heterocycles. The van der Waals surface area contributed by atoms with Gasteiger partial charge in [0.25, 0.3) is 5.56 Å². The number of nitrogens with one attached hydrogen (secondary N) is 1. The molecular weight excluding hydrogens is 462 g/mol. The van der Waals surface area contributed by atoms with E-state index in [-0.39, 0.29) is 11.4 Å². The van der Waals surface area contributed by atoms with E-state index in [0.717, 1.165) is 28.5 Å². The molecule has 0 bridgehead atoms. The Morgan fingerprint density at radius 3 is 2.24 bits per heavy atom. The smallest absolute Gasteiger partial charge is 0.251 e. The standard InChI is InChI=1S/C24H24ClN3O4S/c25-20-10-8-19(9-11-20)24(18-6-2-1-3-7-18)26-22(29)17-27-16-21(12-13-23(27)30)33(31,32)28-14-4-5-15-28/h1-3,6-13,16,24H,4-5,14-15,17H2,(H,26,29)/t24-/m1/s1. The zero-order chi connectivity index (χ0) is 23.4. The number of carbonyl (C=O) groups is 1. The number of hydrogen-bond acceptors (Lipinski definition) is 4. The van der Waals surface area contributed by atoms with Gasteiger partial charge in [-0.05, 0) is 42.2 Å². The molecule has 1 aliphatic heterocycles. The van der Waals surface area contributed by atoms with Crippen LogP contribution in [0.25, 0.3) is 0 Å². The van der Waals surface area contributed by atoms with Gasteiger partial charge in [0.05, 0.1) is 10.9 Å². The minimum absolute atomic E-state index is 0.00844. The van der Waals surface area contributed by atoms with Crippen LogP contribution < -0.4 is 10.9 Å². The molecule has 4 rings (SSSR count). The molecule has 1 aliphatic rings. The lowest BCUT2D eigenvalue weighted by Crippen LogP contribution is -2.35. The fourth-order valence-corrected chi connectivity index (χ4v) is 5.55. The van der Waals surface area contributed by atoms with Crippen LogP contribution in [0.1, 0.15) is 30.0 Å². The second-order valence-corrected chi connectivity index (χ2v) is 10.3. The van der Waals surface area contributed by atoms with Crippen LogP contribution >= 0.6 is 11.6 Å². The lowest BCUT2D eigenvalue weighted by atomic mass is 9.98. The van der Waals surface area contributed by atoms with Gasteiger partial charge in [0.2, 0.25) is 15.9 Å². The van der Waals surface area contributed by atoms with E-state index in [4.69, 9.17) is 11.6 Å². The van der Waals surface area contributed by atoms with Gasteiger partial charge >= 0.3 is 0 Å². The predicted molar refractivity (Wildman–Crippen MR) is 127 cm³/mol. The molecule has 9 heteroatoms. The summed E-state index contributed by atoms with van der Waals surface area (Å²) in [5.41, 5.74) is 1.25. The largest absolute Gasteiger partial charge is 0.344 e. The van der Waals surface area contributed by atoms with Crippen LogP contribution in [-0.2, 0) is 21.4 Å². The summed E-state index contributed by atoms with van der Waals surface area (Å²) in [6.07, 6.45) is 2.87. The van der Waals surface area contributed by atoms with E-state index in [0.29, 0.717) is 18.1 Å². The van der Waals surface area contributed by atoms with Crippen molar-refractivity contribution in [2.24, 2.45) is 0 Å². The maximum atomic E-state index is 12.9. The number of benzene rings is 2. The minimum atomic E-state index is -3.70. The van der Waals surface area contributed by atoms with Gasteiger partial charge in [-0.25, -0.2) is 8.42 Å². The van der Waals surface area contributed by atoms with E-state index in [9.17, 15) is 18.0 Å². The average molecular weight is 486 g/mol. The first-order valence-electron chi connectivity index (χ1n) is 10.6. The summed E-state index contributed by atoms with van der Waals surface area (Å²) in [6, 6.07) is 18.6. The first-order chi connectivity index (χ1) is 15.8. The Morgan fingerprint density at radius 1 is 0.939 bits per heavy atom. The third-order valence-corrected chi connectivity index (χ3v) is 7.75. The molecule has 33 heavy (non-hydrogen) atoms. The fourth-order valence-electron chi connectivity index (χ4n) is 3.88. The van der Waals surface area contributed by atoms with Crippen LogP contribution in [0.5, 0.6) is 0 Å². The number of aromatic nitrogens is 1. The Balaban J connectivity index is 1.58. The molecule has 2 aromatic carbocycles. The molecule has 1 atom stereocenters. The molecule has 2 heterocycles. The second-order valence-electron chi connectivity index (χ2n) is 7.90. The average Bonchev–Trinajstić information content (AvgIpc) is 3.36. The Labute approximate surface area is 197 Å². The van der Waals surface area contributed by atoms with Crippen molar-refractivity contribution in [2.75, 3.05) is 13.1 Å². The van der Waals surface area contributed by atoms with Crippen molar-refractivity contribution in [2.45, 2.75) is 30.3 Å². The third-order valence-electron chi connectivity index (χ3n) is 5.61. The highest BCUT2D eigenvalue weighted by Gasteiger charge is 2.28. The van der Waals surface area contributed by atoms with Gasteiger partial charge in [-0.2, -0.15) is 4.31 Å². The lowest BCUT2D eigenvalue weighted by Gasteiger charge is -2.21. The predicted octanol–water partition coefficient (Wildman–Crippen LogP) is 3.19. The van der Waals surface area contributed by atoms with Crippen LogP contribution in [0.4, 0.5) is 0 Å². The monoisotopic (exact) mass is 485 g/mol. The molecule has 1 N–H and O–H groups in total. The summed E-state index contributed by atoms with van der Waals surface area (Å²) in [5.74, 6) is -0.420. The number of halogens is 1. The van der Waals surface area contributed by atoms with Crippen molar-refractivity contribution >= 4 is 27.5 Å². The first kappa shape index (κ1) is 23.2. The van der Waals surface area contributed by atoms with Gasteiger partial charge in [-0.1, -0.05) is 54.1 Å². The Hall–Kier alpha value is -2.94. The lowest BCUT2D eigenvalue weighted by molar-refractivity contribution is -0.122. The molecule has 7 nitrogen and oxygen atoms in total. The zero-order valence-corrected chi connectivity index (χ0v) is 19.4. The van der Waals surface area contributed by atoms with E-state index in [1.165, 1.54) is 22.6 Å². The van der Waals surface area contributed by atoms with Crippen LogP contribution in [-0.4, -0.2) is 36.3 Å². The molecule has 1 saturated heterocycles. The van der Waals surface area contributed by atoms with E-state index in [1.807, 2.05) is 42.5 Å².